The van der Waals surface area contributed by atoms with E-state index < -0.39 is 0 Å². The van der Waals surface area contributed by atoms with Crippen molar-refractivity contribution in [3.63, 3.8) is 0 Å². The van der Waals surface area contributed by atoms with Crippen LogP contribution in [0.4, 0.5) is 0 Å². The van der Waals surface area contributed by atoms with Crippen molar-refractivity contribution in [1.82, 2.24) is 14.8 Å². The van der Waals surface area contributed by atoms with Crippen molar-refractivity contribution < 1.29 is 20.1 Å². The molecule has 1 radical (unpaired) electrons. The zero-order chi connectivity index (χ0) is 9.26. The number of aromatic nitrogens is 3. The molecule has 0 unspecified atom stereocenters. The van der Waals surface area contributed by atoms with E-state index in [4.69, 9.17) is 0 Å². The van der Waals surface area contributed by atoms with Gasteiger partial charge < -0.3 is 4.98 Å². The van der Waals surface area contributed by atoms with Gasteiger partial charge in [-0.15, -0.1) is 6.20 Å². The molecule has 0 spiro atoms. The minimum atomic E-state index is 0. The summed E-state index contributed by atoms with van der Waals surface area (Å²) in [5.74, 6) is 0. The Morgan fingerprint density at radius 2 is 2.36 bits per heavy atom. The van der Waals surface area contributed by atoms with Crippen LogP contribution in [0.15, 0.2) is 12.3 Å². The van der Waals surface area contributed by atoms with Gasteiger partial charge in [0.25, 0.3) is 0 Å². The number of thiazole rings is 1. The van der Waals surface area contributed by atoms with E-state index in [1.807, 2.05) is 23.9 Å². The zero-order valence-corrected chi connectivity index (χ0v) is 11.2. The molecule has 0 saturated carbocycles. The van der Waals surface area contributed by atoms with E-state index in [1.54, 1.807) is 11.3 Å². The minimum Gasteiger partial charge on any atom is -0.444 e. The summed E-state index contributed by atoms with van der Waals surface area (Å²) in [5.41, 5.74) is 1.10. The van der Waals surface area contributed by atoms with E-state index in [0.717, 1.165) is 22.1 Å². The van der Waals surface area contributed by atoms with Crippen LogP contribution in [0.3, 0.4) is 0 Å². The van der Waals surface area contributed by atoms with E-state index in [9.17, 15) is 0 Å². The second-order valence-corrected chi connectivity index (χ2v) is 3.94. The van der Waals surface area contributed by atoms with Crippen molar-refractivity contribution in [2.75, 3.05) is 0 Å². The van der Waals surface area contributed by atoms with Crippen LogP contribution in [-0.2, 0) is 26.5 Å². The summed E-state index contributed by atoms with van der Waals surface area (Å²) >= 11 is 1.60. The second-order valence-electron chi connectivity index (χ2n) is 2.76. The summed E-state index contributed by atoms with van der Waals surface area (Å²) < 4.78 is 1.82. The zero-order valence-electron chi connectivity index (χ0n) is 7.95. The predicted octanol–water partition coefficient (Wildman–Crippen LogP) is 2.00. The first kappa shape index (κ1) is 11.6. The van der Waals surface area contributed by atoms with Crippen molar-refractivity contribution in [3.8, 4) is 5.00 Å². The summed E-state index contributed by atoms with van der Waals surface area (Å²) in [4.78, 5) is 4.06. The molecule has 0 saturated heterocycles. The van der Waals surface area contributed by atoms with Crippen molar-refractivity contribution in [2.24, 2.45) is 0 Å². The largest absolute Gasteiger partial charge is 0.444 e. The molecule has 2 aromatic rings. The Morgan fingerprint density at radius 1 is 1.57 bits per heavy atom. The SMILES string of the molecule is CCc1ccn(-c2[c-]nc(C)s2)n1.[Ir]. The van der Waals surface area contributed by atoms with Crippen LogP contribution in [0, 0.1) is 13.1 Å². The Hall–Kier alpha value is -0.511. The van der Waals surface area contributed by atoms with Crippen molar-refractivity contribution in [3.05, 3.63) is 29.2 Å². The topological polar surface area (TPSA) is 30.7 Å². The third-order valence-electron chi connectivity index (χ3n) is 1.77. The first-order valence-corrected chi connectivity index (χ1v) is 5.01. The van der Waals surface area contributed by atoms with Crippen LogP contribution in [0.5, 0.6) is 0 Å². The van der Waals surface area contributed by atoms with Crippen LogP contribution in [0.25, 0.3) is 5.00 Å². The quantitative estimate of drug-likeness (QED) is 0.742. The number of aryl methyl sites for hydroxylation is 2. The molecule has 2 heterocycles. The molecular formula is C9H10IrN3S-. The molecule has 0 bridgehead atoms. The maximum atomic E-state index is 4.37. The van der Waals surface area contributed by atoms with Crippen molar-refractivity contribution >= 4 is 11.3 Å². The molecule has 2 aromatic heterocycles. The summed E-state index contributed by atoms with van der Waals surface area (Å²) in [5, 5.41) is 6.34. The Kier molecular flexibility index (Phi) is 3.98. The van der Waals surface area contributed by atoms with Crippen molar-refractivity contribution in [2.45, 2.75) is 20.3 Å². The second kappa shape index (κ2) is 4.82. The number of hydrogen-bond donors (Lipinski definition) is 0. The molecule has 2 rings (SSSR count). The molecule has 0 aliphatic heterocycles. The number of rotatable bonds is 2. The smallest absolute Gasteiger partial charge is 0.0625 e. The fraction of sp³-hybridized carbons (Fsp3) is 0.333. The fourth-order valence-electron chi connectivity index (χ4n) is 1.07. The fourth-order valence-corrected chi connectivity index (χ4v) is 1.73. The van der Waals surface area contributed by atoms with Crippen LogP contribution in [-0.4, -0.2) is 14.8 Å². The Bertz CT molecular complexity index is 408. The van der Waals surface area contributed by atoms with Gasteiger partial charge >= 0.3 is 0 Å². The first-order valence-electron chi connectivity index (χ1n) is 4.19. The monoisotopic (exact) mass is 385 g/mol. The first-order chi connectivity index (χ1) is 6.29. The minimum absolute atomic E-state index is 0. The third-order valence-corrected chi connectivity index (χ3v) is 2.63. The summed E-state index contributed by atoms with van der Waals surface area (Å²) in [6, 6.07) is 2.02. The molecule has 0 amide bonds. The molecule has 0 atom stereocenters. The number of nitrogens with zero attached hydrogens (tertiary/aromatic N) is 3. The van der Waals surface area contributed by atoms with Crippen LogP contribution in [0.1, 0.15) is 17.6 Å². The summed E-state index contributed by atoms with van der Waals surface area (Å²) in [7, 11) is 0. The van der Waals surface area contributed by atoms with E-state index in [2.05, 4.69) is 23.2 Å². The Balaban J connectivity index is 0.000000980. The average molecular weight is 384 g/mol. The molecule has 3 nitrogen and oxygen atoms in total. The van der Waals surface area contributed by atoms with E-state index in [0.29, 0.717) is 0 Å². The van der Waals surface area contributed by atoms with Gasteiger partial charge in [-0.1, -0.05) is 18.9 Å². The Labute approximate surface area is 101 Å². The molecule has 5 heteroatoms. The van der Waals surface area contributed by atoms with Crippen LogP contribution in [0.2, 0.25) is 0 Å². The van der Waals surface area contributed by atoms with Gasteiger partial charge in [-0.3, -0.25) is 0 Å². The normalized spacial score (nSPS) is 9.86. The van der Waals surface area contributed by atoms with Gasteiger partial charge in [0.05, 0.1) is 5.69 Å². The molecule has 0 fully saturated rings. The van der Waals surface area contributed by atoms with Crippen LogP contribution < -0.4 is 0 Å². The standard InChI is InChI=1S/C9H10N3S.Ir/c1-3-8-4-5-12(11-8)9-6-10-7(2)13-9;/h4-5H,3H2,1-2H3;/q-1;. The van der Waals surface area contributed by atoms with Crippen LogP contribution >= 0.6 is 11.3 Å². The summed E-state index contributed by atoms with van der Waals surface area (Å²) in [6.07, 6.45) is 5.84. The molecule has 0 N–H and O–H groups in total. The molecule has 0 aliphatic carbocycles. The maximum Gasteiger partial charge on any atom is 0.0625 e. The Morgan fingerprint density at radius 3 is 2.86 bits per heavy atom. The van der Waals surface area contributed by atoms with Gasteiger partial charge in [-0.05, 0) is 12.5 Å². The molecule has 0 aliphatic rings. The van der Waals surface area contributed by atoms with E-state index in [1.165, 1.54) is 0 Å². The van der Waals surface area contributed by atoms with Gasteiger partial charge in [-0.2, -0.15) is 5.10 Å². The van der Waals surface area contributed by atoms with Gasteiger partial charge in [0.1, 0.15) is 0 Å². The van der Waals surface area contributed by atoms with E-state index in [-0.39, 0.29) is 20.1 Å². The maximum absolute atomic E-state index is 4.37. The number of hydrogen-bond acceptors (Lipinski definition) is 3. The average Bonchev–Trinajstić information content (AvgIpc) is 2.71. The molecule has 14 heavy (non-hydrogen) atoms. The predicted molar refractivity (Wildman–Crippen MR) is 52.2 cm³/mol. The van der Waals surface area contributed by atoms with E-state index >= 15 is 0 Å². The van der Waals surface area contributed by atoms with Gasteiger partial charge in [0.15, 0.2) is 0 Å². The van der Waals surface area contributed by atoms with Gasteiger partial charge in [0, 0.05) is 31.3 Å². The summed E-state index contributed by atoms with van der Waals surface area (Å²) in [6.45, 7) is 4.06. The van der Waals surface area contributed by atoms with Crippen molar-refractivity contribution in [1.29, 1.82) is 0 Å². The third kappa shape index (κ3) is 2.29. The molecule has 77 valence electrons. The molecule has 0 aromatic carbocycles. The van der Waals surface area contributed by atoms with Gasteiger partial charge in [-0.25, -0.2) is 16.0 Å². The van der Waals surface area contributed by atoms with Gasteiger partial charge in [0.2, 0.25) is 0 Å². The molecular weight excluding hydrogens is 374 g/mol.